The first-order valence-electron chi connectivity index (χ1n) is 11.4. The Labute approximate surface area is 210 Å². The highest BCUT2D eigenvalue weighted by Crippen LogP contribution is 2.33. The van der Waals surface area contributed by atoms with Crippen molar-refractivity contribution >= 4 is 46.2 Å². The third-order valence-corrected chi connectivity index (χ3v) is 8.26. The Balaban J connectivity index is 1.18. The molecule has 5 rings (SSSR count). The molecular weight excluding hydrogens is 486 g/mol. The van der Waals surface area contributed by atoms with Crippen molar-refractivity contribution in [2.45, 2.75) is 44.3 Å². The molecule has 0 amide bonds. The van der Waals surface area contributed by atoms with Gasteiger partial charge >= 0.3 is 0 Å². The van der Waals surface area contributed by atoms with E-state index in [1.807, 2.05) is 12.4 Å². The van der Waals surface area contributed by atoms with Gasteiger partial charge in [0.25, 0.3) is 0 Å². The van der Waals surface area contributed by atoms with Gasteiger partial charge in [-0.3, -0.25) is 4.99 Å². The van der Waals surface area contributed by atoms with Crippen molar-refractivity contribution in [2.24, 2.45) is 15.7 Å². The van der Waals surface area contributed by atoms with Crippen molar-refractivity contribution in [1.82, 2.24) is 10.3 Å². The molecule has 0 spiro atoms. The molecule has 35 heavy (non-hydrogen) atoms. The van der Waals surface area contributed by atoms with Gasteiger partial charge < -0.3 is 16.4 Å². The number of nitrogens with zero attached hydrogens (tertiary/aromatic N) is 3. The highest BCUT2D eigenvalue weighted by Gasteiger charge is 2.23. The SMILES string of the molecule is CC(NCC1=CC(F)C(F)C=C1)c1scnc1NCc1ccc(C2=CCC3N=CN=C(N)C3=C2)s1. The molecule has 6 nitrogen and oxygen atoms in total. The lowest BCUT2D eigenvalue weighted by Crippen LogP contribution is -2.28. The molecule has 4 N–H and O–H groups in total. The van der Waals surface area contributed by atoms with Crippen LogP contribution in [0.1, 0.15) is 34.0 Å². The Morgan fingerprint density at radius 3 is 2.97 bits per heavy atom. The molecule has 2 aromatic rings. The lowest BCUT2D eigenvalue weighted by molar-refractivity contribution is 0.244. The maximum atomic E-state index is 13.6. The van der Waals surface area contributed by atoms with Crippen molar-refractivity contribution in [3.8, 4) is 0 Å². The number of alkyl halides is 2. The Morgan fingerprint density at radius 1 is 1.23 bits per heavy atom. The van der Waals surface area contributed by atoms with Crippen LogP contribution in [-0.4, -0.2) is 42.1 Å². The second-order valence-corrected chi connectivity index (χ2v) is 10.6. The number of hydrogen-bond acceptors (Lipinski definition) is 8. The van der Waals surface area contributed by atoms with E-state index in [2.05, 4.69) is 49.9 Å². The molecule has 3 aliphatic rings. The number of anilines is 1. The number of rotatable bonds is 8. The van der Waals surface area contributed by atoms with Crippen molar-refractivity contribution in [2.75, 3.05) is 11.9 Å². The quantitative estimate of drug-likeness (QED) is 0.458. The highest BCUT2D eigenvalue weighted by molar-refractivity contribution is 7.13. The molecule has 4 unspecified atom stereocenters. The Kier molecular flexibility index (Phi) is 7.03. The number of allylic oxidation sites excluding steroid dienone is 4. The van der Waals surface area contributed by atoms with Crippen LogP contribution in [0.4, 0.5) is 14.6 Å². The lowest BCUT2D eigenvalue weighted by Gasteiger charge is -2.21. The Hall–Kier alpha value is -2.95. The largest absolute Gasteiger partial charge is 0.383 e. The Bertz CT molecular complexity index is 1270. The number of nitrogens with two attached hydrogens (primary N) is 1. The van der Waals surface area contributed by atoms with E-state index in [9.17, 15) is 8.78 Å². The van der Waals surface area contributed by atoms with Gasteiger partial charge in [-0.05, 0) is 54.9 Å². The number of hydrogen-bond donors (Lipinski definition) is 3. The minimum absolute atomic E-state index is 0.0107. The first kappa shape index (κ1) is 23.8. The predicted molar refractivity (Wildman–Crippen MR) is 142 cm³/mol. The molecule has 0 fully saturated rings. The standard InChI is InChI=1S/C25H26F2N6S2/c1-14(29-10-15-2-5-19(26)20(27)8-15)23-25(33-13-34-23)30-11-17-4-7-22(35-17)16-3-6-21-18(9-16)24(28)32-12-31-21/h2-5,7-9,12-14,19-21,29-30H,6,10-11H2,1H3,(H2,28,31,32). The van der Waals surface area contributed by atoms with Crippen LogP contribution in [-0.2, 0) is 6.54 Å². The maximum Gasteiger partial charge on any atom is 0.154 e. The summed E-state index contributed by atoms with van der Waals surface area (Å²) >= 11 is 3.29. The smallest absolute Gasteiger partial charge is 0.154 e. The van der Waals surface area contributed by atoms with Crippen molar-refractivity contribution in [3.05, 3.63) is 73.8 Å². The molecule has 0 bridgehead atoms. The second kappa shape index (κ2) is 10.3. The van der Waals surface area contributed by atoms with E-state index < -0.39 is 12.3 Å². The van der Waals surface area contributed by atoms with Gasteiger partial charge in [-0.25, -0.2) is 18.8 Å². The van der Waals surface area contributed by atoms with E-state index in [0.29, 0.717) is 18.9 Å². The molecule has 0 aromatic carbocycles. The van der Waals surface area contributed by atoms with Crippen LogP contribution in [0.2, 0.25) is 0 Å². The fraction of sp³-hybridized carbons (Fsp3) is 0.320. The predicted octanol–water partition coefficient (Wildman–Crippen LogP) is 5.12. The van der Waals surface area contributed by atoms with E-state index >= 15 is 0 Å². The zero-order valence-corrected chi connectivity index (χ0v) is 20.8. The summed E-state index contributed by atoms with van der Waals surface area (Å²) in [5, 5.41) is 6.83. The monoisotopic (exact) mass is 512 g/mol. The van der Waals surface area contributed by atoms with Gasteiger partial charge in [0.15, 0.2) is 12.3 Å². The van der Waals surface area contributed by atoms with E-state index in [1.165, 1.54) is 21.9 Å². The van der Waals surface area contributed by atoms with E-state index in [4.69, 9.17) is 5.73 Å². The summed E-state index contributed by atoms with van der Waals surface area (Å²) in [4.78, 5) is 16.5. The molecule has 0 saturated heterocycles. The average molecular weight is 513 g/mol. The van der Waals surface area contributed by atoms with Gasteiger partial charge in [-0.2, -0.15) is 0 Å². The molecule has 0 saturated carbocycles. The van der Waals surface area contributed by atoms with Crippen molar-refractivity contribution in [3.63, 3.8) is 0 Å². The van der Waals surface area contributed by atoms with E-state index in [1.54, 1.807) is 35.1 Å². The van der Waals surface area contributed by atoms with E-state index in [-0.39, 0.29) is 12.1 Å². The molecule has 10 heteroatoms. The van der Waals surface area contributed by atoms with Crippen LogP contribution < -0.4 is 16.4 Å². The number of amidine groups is 1. The molecule has 0 radical (unpaired) electrons. The third kappa shape index (κ3) is 5.34. The summed E-state index contributed by atoms with van der Waals surface area (Å²) in [6.07, 6.45) is 7.77. The number of aliphatic imine (C=N–C) groups is 2. The summed E-state index contributed by atoms with van der Waals surface area (Å²) in [5.74, 6) is 1.37. The summed E-state index contributed by atoms with van der Waals surface area (Å²) in [6.45, 7) is 3.16. The fourth-order valence-corrected chi connectivity index (χ4v) is 5.90. The molecule has 2 aliphatic carbocycles. The minimum Gasteiger partial charge on any atom is -0.383 e. The lowest BCUT2D eigenvalue weighted by atomic mass is 9.93. The van der Waals surface area contributed by atoms with Gasteiger partial charge in [0.2, 0.25) is 0 Å². The Morgan fingerprint density at radius 2 is 2.11 bits per heavy atom. The topological polar surface area (TPSA) is 87.7 Å². The van der Waals surface area contributed by atoms with Crippen LogP contribution >= 0.6 is 22.7 Å². The van der Waals surface area contributed by atoms with Crippen LogP contribution in [0, 0.1) is 0 Å². The number of aromatic nitrogens is 1. The zero-order chi connectivity index (χ0) is 24.4. The van der Waals surface area contributed by atoms with Crippen molar-refractivity contribution < 1.29 is 8.78 Å². The number of halogens is 2. The summed E-state index contributed by atoms with van der Waals surface area (Å²) in [7, 11) is 0. The fourth-order valence-electron chi connectivity index (χ4n) is 4.15. The number of nitrogens with one attached hydrogen (secondary N) is 2. The van der Waals surface area contributed by atoms with E-state index in [0.717, 1.165) is 33.8 Å². The molecule has 3 heterocycles. The third-order valence-electron chi connectivity index (χ3n) is 6.12. The van der Waals surface area contributed by atoms with Gasteiger partial charge in [-0.1, -0.05) is 12.2 Å². The summed E-state index contributed by atoms with van der Waals surface area (Å²) in [6, 6.07) is 4.33. The average Bonchev–Trinajstić information content (AvgIpc) is 3.53. The van der Waals surface area contributed by atoms with Gasteiger partial charge in [-0.15, -0.1) is 22.7 Å². The maximum absolute atomic E-state index is 13.6. The second-order valence-electron chi connectivity index (χ2n) is 8.57. The van der Waals surface area contributed by atoms with Gasteiger partial charge in [0, 0.05) is 27.9 Å². The number of thiazole rings is 1. The zero-order valence-electron chi connectivity index (χ0n) is 19.1. The first-order chi connectivity index (χ1) is 17.0. The minimum atomic E-state index is -1.58. The van der Waals surface area contributed by atoms with Crippen LogP contribution in [0.25, 0.3) is 5.57 Å². The molecule has 182 valence electrons. The van der Waals surface area contributed by atoms with Gasteiger partial charge in [0.1, 0.15) is 18.0 Å². The van der Waals surface area contributed by atoms with Crippen LogP contribution in [0.15, 0.2) is 69.2 Å². The van der Waals surface area contributed by atoms with Crippen LogP contribution in [0.5, 0.6) is 0 Å². The molecule has 4 atom stereocenters. The number of fused-ring (bicyclic) bond motifs is 1. The highest BCUT2D eigenvalue weighted by atomic mass is 32.1. The first-order valence-corrected chi connectivity index (χ1v) is 13.1. The molecule has 1 aliphatic heterocycles. The molecular formula is C25H26F2N6S2. The number of thiophene rings is 1. The van der Waals surface area contributed by atoms with Crippen molar-refractivity contribution in [1.29, 1.82) is 0 Å². The normalized spacial score (nSPS) is 24.3. The van der Waals surface area contributed by atoms with Crippen LogP contribution in [0.3, 0.4) is 0 Å². The molecule has 2 aromatic heterocycles. The summed E-state index contributed by atoms with van der Waals surface area (Å²) in [5.41, 5.74) is 10.8. The summed E-state index contributed by atoms with van der Waals surface area (Å²) < 4.78 is 26.9. The van der Waals surface area contributed by atoms with Gasteiger partial charge in [0.05, 0.1) is 23.0 Å².